The summed E-state index contributed by atoms with van der Waals surface area (Å²) in [5.41, 5.74) is 0.175. The fraction of sp³-hybridized carbons (Fsp3) is 0.929. The van der Waals surface area contributed by atoms with Gasteiger partial charge in [0.2, 0.25) is 0 Å². The zero-order valence-corrected chi connectivity index (χ0v) is 12.0. The van der Waals surface area contributed by atoms with Crippen molar-refractivity contribution in [3.8, 4) is 0 Å². The lowest BCUT2D eigenvalue weighted by Crippen LogP contribution is -2.34. The molecule has 0 aromatic carbocycles. The maximum atomic E-state index is 11.5. The van der Waals surface area contributed by atoms with Gasteiger partial charge in [-0.25, -0.2) is 0 Å². The SMILES string of the molecule is CCC(=O)CC(OCC(C)(C)C)C(C)(C)C. The van der Waals surface area contributed by atoms with Crippen LogP contribution in [0.15, 0.2) is 0 Å². The van der Waals surface area contributed by atoms with E-state index in [0.717, 1.165) is 0 Å². The molecule has 0 spiro atoms. The Labute approximate surface area is 101 Å². The summed E-state index contributed by atoms with van der Waals surface area (Å²) in [6, 6.07) is 0. The molecule has 1 unspecified atom stereocenters. The second kappa shape index (κ2) is 5.81. The highest BCUT2D eigenvalue weighted by Crippen LogP contribution is 2.27. The van der Waals surface area contributed by atoms with Crippen LogP contribution < -0.4 is 0 Å². The third-order valence-corrected chi connectivity index (χ3v) is 2.49. The van der Waals surface area contributed by atoms with Crippen molar-refractivity contribution >= 4 is 5.78 Å². The molecule has 16 heavy (non-hydrogen) atoms. The lowest BCUT2D eigenvalue weighted by molar-refractivity contribution is -0.125. The molecule has 1 atom stereocenters. The van der Waals surface area contributed by atoms with Gasteiger partial charge in [0, 0.05) is 12.8 Å². The number of hydrogen-bond acceptors (Lipinski definition) is 2. The largest absolute Gasteiger partial charge is 0.377 e. The maximum absolute atomic E-state index is 11.5. The van der Waals surface area contributed by atoms with Gasteiger partial charge in [-0.05, 0) is 10.8 Å². The minimum atomic E-state index is 0.0239. The molecule has 0 aliphatic heterocycles. The average Bonchev–Trinajstić information content (AvgIpc) is 2.08. The molecule has 2 nitrogen and oxygen atoms in total. The summed E-state index contributed by atoms with van der Waals surface area (Å²) in [7, 11) is 0. The summed E-state index contributed by atoms with van der Waals surface area (Å²) in [6.07, 6.45) is 1.17. The van der Waals surface area contributed by atoms with E-state index in [1.165, 1.54) is 0 Å². The highest BCUT2D eigenvalue weighted by Gasteiger charge is 2.28. The number of ether oxygens (including phenoxy) is 1. The molecule has 0 aromatic heterocycles. The highest BCUT2D eigenvalue weighted by molar-refractivity contribution is 5.78. The highest BCUT2D eigenvalue weighted by atomic mass is 16.5. The summed E-state index contributed by atoms with van der Waals surface area (Å²) < 4.78 is 5.92. The topological polar surface area (TPSA) is 26.3 Å². The monoisotopic (exact) mass is 228 g/mol. The molecule has 0 N–H and O–H groups in total. The molecule has 0 amide bonds. The second-order valence-electron chi connectivity index (χ2n) is 6.82. The summed E-state index contributed by atoms with van der Waals surface area (Å²) in [5, 5.41) is 0. The van der Waals surface area contributed by atoms with Crippen molar-refractivity contribution in [1.29, 1.82) is 0 Å². The molecule has 96 valence electrons. The van der Waals surface area contributed by atoms with Gasteiger partial charge in [-0.2, -0.15) is 0 Å². The Bertz CT molecular complexity index is 218. The first-order chi connectivity index (χ1) is 7.06. The first kappa shape index (κ1) is 15.6. The average molecular weight is 228 g/mol. The molecule has 0 bridgehead atoms. The van der Waals surface area contributed by atoms with Crippen LogP contribution in [0, 0.1) is 10.8 Å². The first-order valence-corrected chi connectivity index (χ1v) is 6.19. The molecule has 2 heteroatoms. The van der Waals surface area contributed by atoms with Crippen molar-refractivity contribution in [2.75, 3.05) is 6.61 Å². The molecule has 0 aromatic rings. The lowest BCUT2D eigenvalue weighted by Gasteiger charge is -2.32. The molecule has 0 aliphatic carbocycles. The molecular formula is C14H28O2. The van der Waals surface area contributed by atoms with Gasteiger partial charge in [0.05, 0.1) is 12.7 Å². The van der Waals surface area contributed by atoms with E-state index in [9.17, 15) is 4.79 Å². The standard InChI is InChI=1S/C14H28O2/c1-8-11(15)9-12(14(5,6)7)16-10-13(2,3)4/h12H,8-10H2,1-7H3. The van der Waals surface area contributed by atoms with Gasteiger partial charge in [-0.15, -0.1) is 0 Å². The Morgan fingerprint density at radius 2 is 1.62 bits per heavy atom. The normalized spacial score (nSPS) is 14.9. The predicted molar refractivity (Wildman–Crippen MR) is 68.6 cm³/mol. The zero-order chi connectivity index (χ0) is 13.0. The van der Waals surface area contributed by atoms with Crippen LogP contribution in [-0.2, 0) is 9.53 Å². The van der Waals surface area contributed by atoms with E-state index in [-0.39, 0.29) is 22.7 Å². The number of Topliss-reactive ketones (excluding diaryl/α,β-unsaturated/α-hetero) is 1. The quantitative estimate of drug-likeness (QED) is 0.714. The van der Waals surface area contributed by atoms with Crippen LogP contribution in [0.4, 0.5) is 0 Å². The van der Waals surface area contributed by atoms with E-state index in [0.29, 0.717) is 19.4 Å². The molecule has 0 radical (unpaired) electrons. The third kappa shape index (κ3) is 7.00. The van der Waals surface area contributed by atoms with E-state index in [4.69, 9.17) is 4.74 Å². The van der Waals surface area contributed by atoms with Crippen LogP contribution >= 0.6 is 0 Å². The van der Waals surface area contributed by atoms with Gasteiger partial charge in [0.1, 0.15) is 5.78 Å². The second-order valence-corrected chi connectivity index (χ2v) is 6.82. The van der Waals surface area contributed by atoms with Crippen molar-refractivity contribution in [3.05, 3.63) is 0 Å². The smallest absolute Gasteiger partial charge is 0.135 e. The van der Waals surface area contributed by atoms with Gasteiger partial charge in [-0.1, -0.05) is 48.5 Å². The summed E-state index contributed by atoms with van der Waals surface area (Å²) in [6.45, 7) is 15.4. The Kier molecular flexibility index (Phi) is 5.67. The fourth-order valence-electron chi connectivity index (χ4n) is 1.32. The van der Waals surface area contributed by atoms with E-state index in [1.807, 2.05) is 6.92 Å². The van der Waals surface area contributed by atoms with E-state index < -0.39 is 0 Å². The number of ketones is 1. The van der Waals surface area contributed by atoms with Gasteiger partial charge < -0.3 is 4.74 Å². The predicted octanol–water partition coefficient (Wildman–Crippen LogP) is 3.83. The molecule has 0 rings (SSSR count). The van der Waals surface area contributed by atoms with Crippen LogP contribution in [0.25, 0.3) is 0 Å². The molecule has 0 saturated carbocycles. The van der Waals surface area contributed by atoms with Crippen molar-refractivity contribution in [3.63, 3.8) is 0 Å². The van der Waals surface area contributed by atoms with Crippen molar-refractivity contribution in [1.82, 2.24) is 0 Å². The molecule has 0 aliphatic rings. The molecule has 0 fully saturated rings. The van der Waals surface area contributed by atoms with Crippen LogP contribution in [0.3, 0.4) is 0 Å². The van der Waals surface area contributed by atoms with Crippen LogP contribution in [0.5, 0.6) is 0 Å². The summed E-state index contributed by atoms with van der Waals surface area (Å²) >= 11 is 0. The minimum Gasteiger partial charge on any atom is -0.377 e. The Morgan fingerprint density at radius 1 is 1.12 bits per heavy atom. The third-order valence-electron chi connectivity index (χ3n) is 2.49. The first-order valence-electron chi connectivity index (χ1n) is 6.19. The maximum Gasteiger partial charge on any atom is 0.135 e. The molecule has 0 saturated heterocycles. The van der Waals surface area contributed by atoms with E-state index in [2.05, 4.69) is 41.5 Å². The summed E-state index contributed by atoms with van der Waals surface area (Å²) in [5.74, 6) is 0.286. The number of carbonyl (C=O) groups excluding carboxylic acids is 1. The zero-order valence-electron chi connectivity index (χ0n) is 12.0. The number of carbonyl (C=O) groups is 1. The fourth-order valence-corrected chi connectivity index (χ4v) is 1.32. The molecular weight excluding hydrogens is 200 g/mol. The Morgan fingerprint density at radius 3 is 1.94 bits per heavy atom. The minimum absolute atomic E-state index is 0.0239. The van der Waals surface area contributed by atoms with Gasteiger partial charge >= 0.3 is 0 Å². The Hall–Kier alpha value is -0.370. The van der Waals surface area contributed by atoms with Gasteiger partial charge in [0.15, 0.2) is 0 Å². The lowest BCUT2D eigenvalue weighted by atomic mass is 9.85. The van der Waals surface area contributed by atoms with Crippen LogP contribution in [-0.4, -0.2) is 18.5 Å². The van der Waals surface area contributed by atoms with Crippen LogP contribution in [0.1, 0.15) is 61.3 Å². The molecule has 0 heterocycles. The van der Waals surface area contributed by atoms with Crippen molar-refractivity contribution < 1.29 is 9.53 Å². The van der Waals surface area contributed by atoms with Gasteiger partial charge in [-0.3, -0.25) is 4.79 Å². The van der Waals surface area contributed by atoms with Crippen molar-refractivity contribution in [2.45, 2.75) is 67.4 Å². The van der Waals surface area contributed by atoms with Crippen LogP contribution in [0.2, 0.25) is 0 Å². The van der Waals surface area contributed by atoms with E-state index in [1.54, 1.807) is 0 Å². The summed E-state index contributed by atoms with van der Waals surface area (Å²) in [4.78, 5) is 11.5. The van der Waals surface area contributed by atoms with E-state index >= 15 is 0 Å². The number of rotatable bonds is 5. The van der Waals surface area contributed by atoms with Crippen molar-refractivity contribution in [2.24, 2.45) is 10.8 Å². The van der Waals surface area contributed by atoms with Gasteiger partial charge in [0.25, 0.3) is 0 Å². The Balaban J connectivity index is 4.40. The number of hydrogen-bond donors (Lipinski definition) is 0.